The fraction of sp³-hybridized carbons (Fsp3) is 0.364. The molecule has 1 atom stereocenters. The van der Waals surface area contributed by atoms with Crippen LogP contribution in [0.15, 0.2) is 47.4 Å². The molecule has 1 unspecified atom stereocenters. The number of benzene rings is 2. The number of halogens is 1. The lowest BCUT2D eigenvalue weighted by molar-refractivity contribution is -0.387. The molecule has 2 aromatic carbocycles. The van der Waals surface area contributed by atoms with Crippen LogP contribution in [0.1, 0.15) is 24.2 Å². The van der Waals surface area contributed by atoms with Gasteiger partial charge in [-0.1, -0.05) is 17.7 Å². The first kappa shape index (κ1) is 23.9. The maximum Gasteiger partial charge on any atom is 0.316 e. The number of esters is 1. The van der Waals surface area contributed by atoms with Crippen LogP contribution in [0.2, 0.25) is 5.02 Å². The van der Waals surface area contributed by atoms with Crippen LogP contribution in [0.4, 0.5) is 11.4 Å². The Morgan fingerprint density at radius 3 is 2.69 bits per heavy atom. The largest absolute Gasteiger partial charge is 0.465 e. The first-order valence-electron chi connectivity index (χ1n) is 10.2. The zero-order valence-corrected chi connectivity index (χ0v) is 19.4. The lowest BCUT2D eigenvalue weighted by Gasteiger charge is -2.41. The van der Waals surface area contributed by atoms with E-state index in [0.717, 1.165) is 17.4 Å². The highest BCUT2D eigenvalue weighted by Gasteiger charge is 2.29. The minimum Gasteiger partial charge on any atom is -0.465 e. The molecule has 1 amide bonds. The number of ether oxygens (including phenoxy) is 1. The Hall–Kier alpha value is -2.78. The molecule has 0 N–H and O–H groups in total. The predicted molar refractivity (Wildman–Crippen MR) is 125 cm³/mol. The quantitative estimate of drug-likeness (QED) is 0.254. The zero-order chi connectivity index (χ0) is 23.3. The summed E-state index contributed by atoms with van der Waals surface area (Å²) in [6, 6.07) is 12.0. The standard InChI is InChI=1S/C22H24ClN3O5S/c1-3-31-21(27)14-32-20-8-7-16(11-19(20)26(29)30)22(28)24-9-10-25(15(2)13-24)18-6-4-5-17(23)12-18/h4-8,11-12,15H,3,9-10,13-14H2,1-2H3. The lowest BCUT2D eigenvalue weighted by Crippen LogP contribution is -2.53. The van der Waals surface area contributed by atoms with Crippen molar-refractivity contribution >= 4 is 46.6 Å². The number of nitro groups is 1. The lowest BCUT2D eigenvalue weighted by atomic mass is 10.1. The van der Waals surface area contributed by atoms with E-state index >= 15 is 0 Å². The third-order valence-corrected chi connectivity index (χ3v) is 6.38. The molecule has 1 heterocycles. The van der Waals surface area contributed by atoms with Gasteiger partial charge in [0, 0.05) is 48.0 Å². The Balaban J connectivity index is 1.71. The second-order valence-corrected chi connectivity index (χ2v) is 8.76. The molecule has 0 aromatic heterocycles. The first-order chi connectivity index (χ1) is 15.3. The van der Waals surface area contributed by atoms with Crippen LogP contribution in [0, 0.1) is 10.1 Å². The second kappa shape index (κ2) is 10.7. The normalized spacial score (nSPS) is 16.0. The fourth-order valence-corrected chi connectivity index (χ4v) is 4.60. The Morgan fingerprint density at radius 1 is 1.25 bits per heavy atom. The monoisotopic (exact) mass is 477 g/mol. The summed E-state index contributed by atoms with van der Waals surface area (Å²) in [6.45, 7) is 5.57. The van der Waals surface area contributed by atoms with E-state index in [4.69, 9.17) is 16.3 Å². The summed E-state index contributed by atoms with van der Waals surface area (Å²) in [4.78, 5) is 39.9. The average Bonchev–Trinajstić information content (AvgIpc) is 2.77. The van der Waals surface area contributed by atoms with Crippen molar-refractivity contribution in [2.24, 2.45) is 0 Å². The summed E-state index contributed by atoms with van der Waals surface area (Å²) in [5, 5.41) is 12.2. The molecule has 0 saturated carbocycles. The van der Waals surface area contributed by atoms with E-state index in [2.05, 4.69) is 4.90 Å². The van der Waals surface area contributed by atoms with Gasteiger partial charge in [0.05, 0.1) is 22.2 Å². The molecular formula is C22H24ClN3O5S. The van der Waals surface area contributed by atoms with Crippen molar-refractivity contribution in [3.05, 3.63) is 63.2 Å². The summed E-state index contributed by atoms with van der Waals surface area (Å²) in [6.07, 6.45) is 0. The molecule has 1 aliphatic heterocycles. The molecule has 1 saturated heterocycles. The Morgan fingerprint density at radius 2 is 2.03 bits per heavy atom. The number of hydrogen-bond acceptors (Lipinski definition) is 7. The topological polar surface area (TPSA) is 93.0 Å². The van der Waals surface area contributed by atoms with E-state index in [1.807, 2.05) is 31.2 Å². The SMILES string of the molecule is CCOC(=O)CSc1ccc(C(=O)N2CCN(c3cccc(Cl)c3)C(C)C2)cc1[N+](=O)[O-]. The molecule has 1 fully saturated rings. The molecule has 0 spiro atoms. The van der Waals surface area contributed by atoms with Gasteiger partial charge in [0.15, 0.2) is 0 Å². The highest BCUT2D eigenvalue weighted by Crippen LogP contribution is 2.31. The van der Waals surface area contributed by atoms with E-state index in [0.29, 0.717) is 29.6 Å². The van der Waals surface area contributed by atoms with Gasteiger partial charge in [-0.3, -0.25) is 19.7 Å². The van der Waals surface area contributed by atoms with E-state index in [-0.39, 0.29) is 35.6 Å². The number of amides is 1. The number of nitrogens with zero attached hydrogens (tertiary/aromatic N) is 3. The van der Waals surface area contributed by atoms with Crippen LogP contribution in [0.25, 0.3) is 0 Å². The number of thioether (sulfide) groups is 1. The maximum absolute atomic E-state index is 13.1. The zero-order valence-electron chi connectivity index (χ0n) is 17.8. The van der Waals surface area contributed by atoms with Crippen molar-refractivity contribution in [1.82, 2.24) is 4.90 Å². The van der Waals surface area contributed by atoms with Gasteiger partial charge in [-0.25, -0.2) is 0 Å². The molecule has 10 heteroatoms. The van der Waals surface area contributed by atoms with Crippen LogP contribution in [-0.2, 0) is 9.53 Å². The molecule has 32 heavy (non-hydrogen) atoms. The van der Waals surface area contributed by atoms with Crippen molar-refractivity contribution in [1.29, 1.82) is 0 Å². The van der Waals surface area contributed by atoms with Crippen molar-refractivity contribution in [2.75, 3.05) is 36.9 Å². The number of anilines is 1. The van der Waals surface area contributed by atoms with Gasteiger partial charge in [-0.05, 0) is 44.2 Å². The van der Waals surface area contributed by atoms with Crippen LogP contribution in [0.5, 0.6) is 0 Å². The van der Waals surface area contributed by atoms with E-state index in [1.165, 1.54) is 12.1 Å². The molecule has 8 nitrogen and oxygen atoms in total. The summed E-state index contributed by atoms with van der Waals surface area (Å²) in [5.41, 5.74) is 1.05. The molecule has 0 aliphatic carbocycles. The van der Waals surface area contributed by atoms with Crippen LogP contribution in [0.3, 0.4) is 0 Å². The van der Waals surface area contributed by atoms with Crippen molar-refractivity contribution in [3.63, 3.8) is 0 Å². The molecular weight excluding hydrogens is 454 g/mol. The van der Waals surface area contributed by atoms with Crippen molar-refractivity contribution in [3.8, 4) is 0 Å². The number of piperazine rings is 1. The first-order valence-corrected chi connectivity index (χ1v) is 11.5. The molecule has 3 rings (SSSR count). The number of rotatable bonds is 7. The summed E-state index contributed by atoms with van der Waals surface area (Å²) in [7, 11) is 0. The van der Waals surface area contributed by atoms with Gasteiger partial charge in [-0.2, -0.15) is 0 Å². The van der Waals surface area contributed by atoms with Gasteiger partial charge in [-0.15, -0.1) is 11.8 Å². The Bertz CT molecular complexity index is 1020. The number of carbonyl (C=O) groups is 2. The summed E-state index contributed by atoms with van der Waals surface area (Å²) < 4.78 is 4.86. The van der Waals surface area contributed by atoms with E-state index in [9.17, 15) is 19.7 Å². The van der Waals surface area contributed by atoms with Crippen LogP contribution < -0.4 is 4.90 Å². The molecule has 0 radical (unpaired) electrons. The van der Waals surface area contributed by atoms with Crippen molar-refractivity contribution in [2.45, 2.75) is 24.8 Å². The Labute approximate surface area is 195 Å². The summed E-state index contributed by atoms with van der Waals surface area (Å²) >= 11 is 7.13. The predicted octanol–water partition coefficient (Wildman–Crippen LogP) is 4.25. The minimum absolute atomic E-state index is 0.0368. The number of carbonyl (C=O) groups excluding carboxylic acids is 2. The molecule has 0 bridgehead atoms. The van der Waals surface area contributed by atoms with Gasteiger partial charge >= 0.3 is 5.97 Å². The highest BCUT2D eigenvalue weighted by atomic mass is 35.5. The van der Waals surface area contributed by atoms with Gasteiger partial charge in [0.2, 0.25) is 0 Å². The third kappa shape index (κ3) is 5.72. The van der Waals surface area contributed by atoms with E-state index in [1.54, 1.807) is 17.9 Å². The van der Waals surface area contributed by atoms with Gasteiger partial charge < -0.3 is 14.5 Å². The smallest absolute Gasteiger partial charge is 0.316 e. The average molecular weight is 478 g/mol. The maximum atomic E-state index is 13.1. The third-order valence-electron chi connectivity index (χ3n) is 5.11. The molecule has 2 aromatic rings. The number of hydrogen-bond donors (Lipinski definition) is 0. The van der Waals surface area contributed by atoms with Gasteiger partial charge in [0.1, 0.15) is 0 Å². The van der Waals surface area contributed by atoms with E-state index < -0.39 is 10.9 Å². The molecule has 1 aliphatic rings. The Kier molecular flexibility index (Phi) is 7.98. The molecule has 170 valence electrons. The van der Waals surface area contributed by atoms with Crippen LogP contribution >= 0.6 is 23.4 Å². The van der Waals surface area contributed by atoms with Gasteiger partial charge in [0.25, 0.3) is 11.6 Å². The fourth-order valence-electron chi connectivity index (χ4n) is 3.62. The van der Waals surface area contributed by atoms with Crippen molar-refractivity contribution < 1.29 is 19.2 Å². The second-order valence-electron chi connectivity index (χ2n) is 7.31. The minimum atomic E-state index is -0.538. The number of nitro benzene ring substituents is 1. The highest BCUT2D eigenvalue weighted by molar-refractivity contribution is 8.00. The van der Waals surface area contributed by atoms with Crippen LogP contribution in [-0.4, -0.2) is 59.7 Å². The summed E-state index contributed by atoms with van der Waals surface area (Å²) in [5.74, 6) is -0.739.